The lowest BCUT2D eigenvalue weighted by Crippen LogP contribution is -2.25. The Morgan fingerprint density at radius 1 is 1.03 bits per heavy atom. The molecule has 1 aromatic heterocycles. The molecular formula is C20H11N3O8. The first-order chi connectivity index (χ1) is 14.9. The summed E-state index contributed by atoms with van der Waals surface area (Å²) in [6.07, 6.45) is 1.22. The third-order valence-electron chi connectivity index (χ3n) is 4.51. The molecule has 0 spiro atoms. The van der Waals surface area contributed by atoms with E-state index in [1.807, 2.05) is 0 Å². The summed E-state index contributed by atoms with van der Waals surface area (Å²) in [6.45, 7) is -0.768. The number of nitrogens with zero attached hydrogens (tertiary/aromatic N) is 2. The molecule has 3 aromatic rings. The number of benzene rings is 2. The van der Waals surface area contributed by atoms with Crippen molar-refractivity contribution in [3.05, 3.63) is 86.7 Å². The molecule has 2 aromatic carbocycles. The van der Waals surface area contributed by atoms with E-state index in [0.29, 0.717) is 0 Å². The number of esters is 1. The fourth-order valence-corrected chi connectivity index (χ4v) is 3.19. The average Bonchev–Trinajstić information content (AvgIpc) is 3.27. The minimum atomic E-state index is -1.20. The Kier molecular flexibility index (Phi) is 4.83. The monoisotopic (exact) mass is 421 g/mol. The number of amides is 1. The van der Waals surface area contributed by atoms with Gasteiger partial charge in [-0.05, 0) is 12.1 Å². The van der Waals surface area contributed by atoms with Crippen molar-refractivity contribution in [3.8, 4) is 0 Å². The average molecular weight is 421 g/mol. The molecule has 1 heterocycles. The van der Waals surface area contributed by atoms with E-state index >= 15 is 0 Å². The number of anilines is 1. The maximum Gasteiger partial charge on any atom is 0.345 e. The second-order valence-corrected chi connectivity index (χ2v) is 6.35. The van der Waals surface area contributed by atoms with Gasteiger partial charge in [0.25, 0.3) is 11.6 Å². The normalized spacial score (nSPS) is 12.0. The van der Waals surface area contributed by atoms with Crippen molar-refractivity contribution in [2.24, 2.45) is 0 Å². The van der Waals surface area contributed by atoms with E-state index in [0.717, 1.165) is 12.1 Å². The second kappa shape index (κ2) is 7.63. The lowest BCUT2D eigenvalue weighted by Gasteiger charge is -2.18. The number of nitrogens with one attached hydrogen (secondary N) is 1. The lowest BCUT2D eigenvalue weighted by molar-refractivity contribution is -0.385. The van der Waals surface area contributed by atoms with Crippen LogP contribution in [-0.2, 0) is 9.53 Å². The highest BCUT2D eigenvalue weighted by Gasteiger charge is 2.39. The Hall–Kier alpha value is -4.67. The SMILES string of the molecule is O=C(COC(=O)c1ccc2c(c1[N+](=O)[O-])C(=O)c1ccccc1C2=O)Nc1ccon1. The first-order valence-corrected chi connectivity index (χ1v) is 8.75. The van der Waals surface area contributed by atoms with Crippen molar-refractivity contribution in [2.75, 3.05) is 11.9 Å². The number of carbonyl (C=O) groups excluding carboxylic acids is 4. The summed E-state index contributed by atoms with van der Waals surface area (Å²) in [5, 5.41) is 17.5. The van der Waals surface area contributed by atoms with Crippen molar-refractivity contribution < 1.29 is 33.4 Å². The molecule has 1 amide bonds. The van der Waals surface area contributed by atoms with Gasteiger partial charge in [-0.25, -0.2) is 4.79 Å². The molecule has 1 aliphatic carbocycles. The zero-order valence-electron chi connectivity index (χ0n) is 15.5. The van der Waals surface area contributed by atoms with Gasteiger partial charge in [0.05, 0.1) is 4.92 Å². The van der Waals surface area contributed by atoms with E-state index in [-0.39, 0.29) is 22.5 Å². The van der Waals surface area contributed by atoms with E-state index in [1.54, 1.807) is 6.07 Å². The van der Waals surface area contributed by atoms with Crippen LogP contribution >= 0.6 is 0 Å². The Morgan fingerprint density at radius 2 is 1.74 bits per heavy atom. The molecule has 154 valence electrons. The maximum absolute atomic E-state index is 12.9. The van der Waals surface area contributed by atoms with E-state index < -0.39 is 51.8 Å². The fourth-order valence-electron chi connectivity index (χ4n) is 3.19. The number of ether oxygens (including phenoxy) is 1. The molecule has 11 nitrogen and oxygen atoms in total. The molecule has 0 aliphatic heterocycles. The molecule has 11 heteroatoms. The number of fused-ring (bicyclic) bond motifs is 2. The predicted molar refractivity (Wildman–Crippen MR) is 102 cm³/mol. The second-order valence-electron chi connectivity index (χ2n) is 6.35. The van der Waals surface area contributed by atoms with Crippen molar-refractivity contribution in [3.63, 3.8) is 0 Å². The van der Waals surface area contributed by atoms with Gasteiger partial charge in [-0.2, -0.15) is 0 Å². The first kappa shape index (κ1) is 19.6. The highest BCUT2D eigenvalue weighted by atomic mass is 16.6. The van der Waals surface area contributed by atoms with Crippen molar-refractivity contribution in [1.82, 2.24) is 5.16 Å². The summed E-state index contributed by atoms with van der Waals surface area (Å²) < 4.78 is 9.38. The van der Waals surface area contributed by atoms with Gasteiger partial charge in [0.15, 0.2) is 18.2 Å². The van der Waals surface area contributed by atoms with Crippen LogP contribution < -0.4 is 5.32 Å². The number of nitro groups is 1. The van der Waals surface area contributed by atoms with Gasteiger partial charge in [0.1, 0.15) is 17.4 Å². The zero-order valence-corrected chi connectivity index (χ0v) is 15.5. The van der Waals surface area contributed by atoms with Crippen LogP contribution in [0.3, 0.4) is 0 Å². The van der Waals surface area contributed by atoms with Crippen LogP contribution in [-0.4, -0.2) is 40.1 Å². The smallest absolute Gasteiger partial charge is 0.345 e. The van der Waals surface area contributed by atoms with Gasteiger partial charge in [0.2, 0.25) is 5.78 Å². The van der Waals surface area contributed by atoms with Crippen molar-refractivity contribution >= 4 is 34.9 Å². The summed E-state index contributed by atoms with van der Waals surface area (Å²) in [7, 11) is 0. The summed E-state index contributed by atoms with van der Waals surface area (Å²) >= 11 is 0. The quantitative estimate of drug-likeness (QED) is 0.289. The number of hydrogen-bond donors (Lipinski definition) is 1. The number of hydrogen-bond acceptors (Lipinski definition) is 9. The molecule has 0 radical (unpaired) electrons. The van der Waals surface area contributed by atoms with E-state index in [1.165, 1.54) is 30.5 Å². The third kappa shape index (κ3) is 3.44. The molecule has 31 heavy (non-hydrogen) atoms. The van der Waals surface area contributed by atoms with E-state index in [9.17, 15) is 29.3 Å². The molecule has 1 N–H and O–H groups in total. The topological polar surface area (TPSA) is 159 Å². The standard InChI is InChI=1S/C20H11N3O8/c24-15(21-14-7-8-31-22-14)9-30-20(27)13-6-5-12-16(17(13)23(28)29)19(26)11-4-2-1-3-10(11)18(12)25/h1-8H,9H2,(H,21,22,24). The molecular weight excluding hydrogens is 410 g/mol. The molecule has 0 saturated carbocycles. The van der Waals surface area contributed by atoms with E-state index in [2.05, 4.69) is 15.0 Å². The minimum Gasteiger partial charge on any atom is -0.452 e. The Balaban J connectivity index is 1.66. The number of ketones is 2. The maximum atomic E-state index is 12.9. The molecule has 4 rings (SSSR count). The molecule has 1 aliphatic rings. The van der Waals surface area contributed by atoms with Crippen molar-refractivity contribution in [1.29, 1.82) is 0 Å². The summed E-state index contributed by atoms with van der Waals surface area (Å²) in [6, 6.07) is 9.44. The number of carbonyl (C=O) groups is 4. The molecule has 0 saturated heterocycles. The highest BCUT2D eigenvalue weighted by Crippen LogP contribution is 2.35. The summed E-state index contributed by atoms with van der Waals surface area (Å²) in [5.41, 5.74) is -1.97. The van der Waals surface area contributed by atoms with E-state index in [4.69, 9.17) is 4.74 Å². The highest BCUT2D eigenvalue weighted by molar-refractivity contribution is 6.30. The van der Waals surface area contributed by atoms with Gasteiger partial charge < -0.3 is 14.6 Å². The van der Waals surface area contributed by atoms with Crippen LogP contribution in [0.2, 0.25) is 0 Å². The van der Waals surface area contributed by atoms with Gasteiger partial charge >= 0.3 is 5.97 Å². The van der Waals surface area contributed by atoms with Crippen LogP contribution in [0, 0.1) is 10.1 Å². The first-order valence-electron chi connectivity index (χ1n) is 8.75. The lowest BCUT2D eigenvalue weighted by atomic mass is 9.82. The van der Waals surface area contributed by atoms with Gasteiger partial charge in [0, 0.05) is 22.8 Å². The van der Waals surface area contributed by atoms with Gasteiger partial charge in [-0.1, -0.05) is 29.4 Å². The minimum absolute atomic E-state index is 0.000562. The van der Waals surface area contributed by atoms with Crippen LogP contribution in [0.1, 0.15) is 42.2 Å². The zero-order chi connectivity index (χ0) is 22.1. The van der Waals surface area contributed by atoms with Crippen molar-refractivity contribution in [2.45, 2.75) is 0 Å². The summed E-state index contributed by atoms with van der Waals surface area (Å²) in [5.74, 6) is -3.20. The van der Waals surface area contributed by atoms with Gasteiger partial charge in [-0.3, -0.25) is 24.5 Å². The number of aromatic nitrogens is 1. The fraction of sp³-hybridized carbons (Fsp3) is 0.0500. The summed E-state index contributed by atoms with van der Waals surface area (Å²) in [4.78, 5) is 60.7. The largest absolute Gasteiger partial charge is 0.452 e. The Morgan fingerprint density at radius 3 is 2.39 bits per heavy atom. The predicted octanol–water partition coefficient (Wildman–Crippen LogP) is 2.15. The van der Waals surface area contributed by atoms with Crippen LogP contribution in [0.5, 0.6) is 0 Å². The van der Waals surface area contributed by atoms with Gasteiger partial charge in [-0.15, -0.1) is 0 Å². The Bertz CT molecular complexity index is 1260. The molecule has 0 atom stereocenters. The van der Waals surface area contributed by atoms with Crippen LogP contribution in [0.15, 0.2) is 53.3 Å². The molecule has 0 unspecified atom stereocenters. The van der Waals surface area contributed by atoms with Crippen LogP contribution in [0.4, 0.5) is 11.5 Å². The third-order valence-corrected chi connectivity index (χ3v) is 4.51. The number of rotatable bonds is 5. The number of nitro benzene ring substituents is 1. The molecule has 0 fully saturated rings. The Labute approximate surface area is 172 Å². The molecule has 0 bridgehead atoms. The van der Waals surface area contributed by atoms with Crippen LogP contribution in [0.25, 0.3) is 0 Å².